The molecule has 108 valence electrons. The molecular weight excluding hydrogens is 244 g/mol. The number of carboxylic acids is 1. The molecule has 1 saturated heterocycles. The van der Waals surface area contributed by atoms with Crippen LogP contribution in [0.2, 0.25) is 0 Å². The molecule has 1 heterocycles. The summed E-state index contributed by atoms with van der Waals surface area (Å²) in [6, 6.07) is 0.416. The highest BCUT2D eigenvalue weighted by Gasteiger charge is 2.65. The molecule has 2 rings (SSSR count). The number of hydrogen-bond donors (Lipinski definition) is 2. The zero-order valence-corrected chi connectivity index (χ0v) is 12.0. The van der Waals surface area contributed by atoms with E-state index in [0.717, 1.165) is 19.5 Å². The summed E-state index contributed by atoms with van der Waals surface area (Å²) in [6.07, 6.45) is 2.30. The number of carbonyl (C=O) groups excluding carboxylic acids is 1. The Kier molecular flexibility index (Phi) is 3.85. The molecule has 2 fully saturated rings. The number of rotatable bonds is 5. The Labute approximate surface area is 114 Å². The number of nitrogens with one attached hydrogen (secondary N) is 1. The third kappa shape index (κ3) is 2.61. The van der Waals surface area contributed by atoms with Crippen molar-refractivity contribution in [3.8, 4) is 0 Å². The minimum absolute atomic E-state index is 0.0969. The number of amides is 1. The van der Waals surface area contributed by atoms with Gasteiger partial charge in [-0.1, -0.05) is 20.8 Å². The van der Waals surface area contributed by atoms with Crippen LogP contribution < -0.4 is 5.32 Å². The first kappa shape index (κ1) is 14.3. The fourth-order valence-electron chi connectivity index (χ4n) is 3.46. The van der Waals surface area contributed by atoms with Crippen molar-refractivity contribution in [2.75, 3.05) is 19.6 Å². The third-order valence-corrected chi connectivity index (χ3v) is 4.79. The van der Waals surface area contributed by atoms with Crippen molar-refractivity contribution in [2.45, 2.75) is 39.7 Å². The first-order valence-electron chi connectivity index (χ1n) is 7.14. The van der Waals surface area contributed by atoms with Crippen LogP contribution in [0.5, 0.6) is 0 Å². The normalized spacial score (nSPS) is 33.1. The van der Waals surface area contributed by atoms with Crippen molar-refractivity contribution in [1.82, 2.24) is 10.2 Å². The van der Waals surface area contributed by atoms with E-state index in [1.807, 2.05) is 13.8 Å². The summed E-state index contributed by atoms with van der Waals surface area (Å²) in [5.41, 5.74) is -0.407. The smallest absolute Gasteiger partial charge is 0.307 e. The molecule has 1 unspecified atom stereocenters. The fourth-order valence-corrected chi connectivity index (χ4v) is 3.46. The van der Waals surface area contributed by atoms with Crippen molar-refractivity contribution >= 4 is 11.9 Å². The maximum atomic E-state index is 12.1. The SMILES string of the molecule is CCN1CCCC1CNC(=O)[C@H]1[C@@H](C(=O)O)C1(C)C. The van der Waals surface area contributed by atoms with E-state index < -0.39 is 17.3 Å². The topological polar surface area (TPSA) is 69.6 Å². The quantitative estimate of drug-likeness (QED) is 0.778. The first-order chi connectivity index (χ1) is 8.89. The molecule has 0 aromatic heterocycles. The van der Waals surface area contributed by atoms with Crippen molar-refractivity contribution in [3.63, 3.8) is 0 Å². The van der Waals surface area contributed by atoms with E-state index in [-0.39, 0.29) is 11.8 Å². The number of likely N-dealkylation sites (tertiary alicyclic amines) is 1. The van der Waals surface area contributed by atoms with E-state index in [4.69, 9.17) is 5.11 Å². The predicted molar refractivity (Wildman–Crippen MR) is 71.7 cm³/mol. The van der Waals surface area contributed by atoms with Gasteiger partial charge in [-0.25, -0.2) is 0 Å². The minimum atomic E-state index is -0.860. The minimum Gasteiger partial charge on any atom is -0.481 e. The number of nitrogens with zero attached hydrogens (tertiary/aromatic N) is 1. The second kappa shape index (κ2) is 5.12. The Balaban J connectivity index is 1.84. The summed E-state index contributed by atoms with van der Waals surface area (Å²) in [6.45, 7) is 8.58. The highest BCUT2D eigenvalue weighted by atomic mass is 16.4. The summed E-state index contributed by atoms with van der Waals surface area (Å²) in [5.74, 6) is -1.86. The van der Waals surface area contributed by atoms with Crippen LogP contribution in [0, 0.1) is 17.3 Å². The number of hydrogen-bond acceptors (Lipinski definition) is 3. The van der Waals surface area contributed by atoms with Crippen molar-refractivity contribution in [1.29, 1.82) is 0 Å². The molecule has 2 aliphatic rings. The molecule has 0 spiro atoms. The van der Waals surface area contributed by atoms with E-state index in [0.29, 0.717) is 12.6 Å². The van der Waals surface area contributed by atoms with Gasteiger partial charge in [0.1, 0.15) is 0 Å². The summed E-state index contributed by atoms with van der Waals surface area (Å²) >= 11 is 0. The lowest BCUT2D eigenvalue weighted by Gasteiger charge is -2.23. The van der Waals surface area contributed by atoms with Crippen LogP contribution in [-0.4, -0.2) is 47.6 Å². The third-order valence-electron chi connectivity index (χ3n) is 4.79. The fraction of sp³-hybridized carbons (Fsp3) is 0.857. The average molecular weight is 268 g/mol. The lowest BCUT2D eigenvalue weighted by Crippen LogP contribution is -2.41. The maximum Gasteiger partial charge on any atom is 0.307 e. The van der Waals surface area contributed by atoms with Gasteiger partial charge in [-0.15, -0.1) is 0 Å². The lowest BCUT2D eigenvalue weighted by atomic mass is 10.1. The molecule has 5 nitrogen and oxygen atoms in total. The van der Waals surface area contributed by atoms with E-state index in [9.17, 15) is 9.59 Å². The van der Waals surface area contributed by atoms with Gasteiger partial charge < -0.3 is 10.4 Å². The molecule has 2 N–H and O–H groups in total. The van der Waals surface area contributed by atoms with Crippen LogP contribution >= 0.6 is 0 Å². The van der Waals surface area contributed by atoms with E-state index in [1.165, 1.54) is 6.42 Å². The van der Waals surface area contributed by atoms with Crippen LogP contribution in [0.25, 0.3) is 0 Å². The number of carboxylic acid groups (broad SMARTS) is 1. The van der Waals surface area contributed by atoms with Gasteiger partial charge in [0.25, 0.3) is 0 Å². The molecule has 0 aromatic carbocycles. The van der Waals surface area contributed by atoms with Crippen LogP contribution in [0.15, 0.2) is 0 Å². The molecule has 1 saturated carbocycles. The second-order valence-corrected chi connectivity index (χ2v) is 6.28. The Morgan fingerprint density at radius 3 is 2.58 bits per heavy atom. The zero-order chi connectivity index (χ0) is 14.2. The standard InChI is InChI=1S/C14H24N2O3/c1-4-16-7-5-6-9(16)8-15-12(17)10-11(13(18)19)14(10,2)3/h9-11H,4-8H2,1-3H3,(H,15,17)(H,18,19)/t9?,10-,11+/m1/s1. The lowest BCUT2D eigenvalue weighted by molar-refractivity contribution is -0.140. The van der Waals surface area contributed by atoms with Gasteiger partial charge >= 0.3 is 5.97 Å². The Bertz CT molecular complexity index is 381. The van der Waals surface area contributed by atoms with Crippen LogP contribution in [0.3, 0.4) is 0 Å². The molecule has 19 heavy (non-hydrogen) atoms. The van der Waals surface area contributed by atoms with Crippen LogP contribution in [-0.2, 0) is 9.59 Å². The Morgan fingerprint density at radius 2 is 2.05 bits per heavy atom. The van der Waals surface area contributed by atoms with E-state index in [2.05, 4.69) is 17.1 Å². The summed E-state index contributed by atoms with van der Waals surface area (Å²) in [7, 11) is 0. The van der Waals surface area contributed by atoms with Crippen molar-refractivity contribution in [2.24, 2.45) is 17.3 Å². The molecule has 5 heteroatoms. The number of likely N-dealkylation sites (N-methyl/N-ethyl adjacent to an activating group) is 1. The molecule has 0 aromatic rings. The number of carbonyl (C=O) groups is 2. The molecular formula is C14H24N2O3. The Morgan fingerprint density at radius 1 is 1.37 bits per heavy atom. The van der Waals surface area contributed by atoms with Crippen LogP contribution in [0.1, 0.15) is 33.6 Å². The molecule has 1 aliphatic heterocycles. The average Bonchev–Trinajstić information content (AvgIpc) is 2.72. The van der Waals surface area contributed by atoms with Gasteiger partial charge in [0.2, 0.25) is 5.91 Å². The van der Waals surface area contributed by atoms with Crippen molar-refractivity contribution < 1.29 is 14.7 Å². The molecule has 3 atom stereocenters. The van der Waals surface area contributed by atoms with Gasteiger partial charge in [0, 0.05) is 12.6 Å². The van der Waals surface area contributed by atoms with Gasteiger partial charge in [0.05, 0.1) is 11.8 Å². The molecule has 0 bridgehead atoms. The maximum absolute atomic E-state index is 12.1. The van der Waals surface area contributed by atoms with Gasteiger partial charge in [0.15, 0.2) is 0 Å². The highest BCUT2D eigenvalue weighted by Crippen LogP contribution is 2.58. The first-order valence-corrected chi connectivity index (χ1v) is 7.14. The summed E-state index contributed by atoms with van der Waals surface area (Å²) in [5, 5.41) is 12.0. The molecule has 0 radical (unpaired) electrons. The Hall–Kier alpha value is -1.10. The molecule has 1 amide bonds. The second-order valence-electron chi connectivity index (χ2n) is 6.28. The summed E-state index contributed by atoms with van der Waals surface area (Å²) in [4.78, 5) is 25.5. The van der Waals surface area contributed by atoms with Gasteiger partial charge in [-0.2, -0.15) is 0 Å². The van der Waals surface area contributed by atoms with Gasteiger partial charge in [-0.05, 0) is 31.3 Å². The predicted octanol–water partition coefficient (Wildman–Crippen LogP) is 0.944. The molecule has 1 aliphatic carbocycles. The van der Waals surface area contributed by atoms with Gasteiger partial charge in [-0.3, -0.25) is 14.5 Å². The summed E-state index contributed by atoms with van der Waals surface area (Å²) < 4.78 is 0. The monoisotopic (exact) mass is 268 g/mol. The van der Waals surface area contributed by atoms with Crippen LogP contribution in [0.4, 0.5) is 0 Å². The number of aliphatic carboxylic acids is 1. The zero-order valence-electron chi connectivity index (χ0n) is 12.0. The largest absolute Gasteiger partial charge is 0.481 e. The van der Waals surface area contributed by atoms with E-state index in [1.54, 1.807) is 0 Å². The highest BCUT2D eigenvalue weighted by molar-refractivity contribution is 5.91. The van der Waals surface area contributed by atoms with E-state index >= 15 is 0 Å². The van der Waals surface area contributed by atoms with Crippen molar-refractivity contribution in [3.05, 3.63) is 0 Å².